The summed E-state index contributed by atoms with van der Waals surface area (Å²) in [6.45, 7) is 10.1. The van der Waals surface area contributed by atoms with Crippen molar-refractivity contribution in [3.05, 3.63) is 84.6 Å². The summed E-state index contributed by atoms with van der Waals surface area (Å²) in [5.74, 6) is 0.747. The van der Waals surface area contributed by atoms with E-state index in [1.165, 1.54) is 11.1 Å². The van der Waals surface area contributed by atoms with Gasteiger partial charge in [-0.2, -0.15) is 0 Å². The zero-order chi connectivity index (χ0) is 17.6. The average molecular weight is 333 g/mol. The molecule has 0 aliphatic carbocycles. The van der Waals surface area contributed by atoms with Crippen molar-refractivity contribution in [2.75, 3.05) is 24.5 Å². The molecule has 0 unspecified atom stereocenters. The van der Waals surface area contributed by atoms with Crippen LogP contribution in [0.1, 0.15) is 21.6 Å². The molecule has 0 saturated heterocycles. The van der Waals surface area contributed by atoms with E-state index in [0.29, 0.717) is 18.8 Å². The number of hydrogen-bond donors (Lipinski definition) is 0. The third kappa shape index (κ3) is 3.79. The molecule has 0 atom stereocenters. The highest BCUT2D eigenvalue weighted by Crippen LogP contribution is 2.23. The van der Waals surface area contributed by atoms with E-state index < -0.39 is 0 Å². The third-order valence-electron chi connectivity index (χ3n) is 4.39. The van der Waals surface area contributed by atoms with Crippen LogP contribution in [-0.2, 0) is 13.0 Å². The quantitative estimate of drug-likeness (QED) is 0.760. The maximum atomic E-state index is 12.7. The van der Waals surface area contributed by atoms with Crippen molar-refractivity contribution in [3.63, 3.8) is 0 Å². The number of rotatable bonds is 6. The number of pyridine rings is 1. The Bertz CT molecular complexity index is 774. The minimum absolute atomic E-state index is 0.0981. The Morgan fingerprint density at radius 1 is 1.08 bits per heavy atom. The van der Waals surface area contributed by atoms with Crippen molar-refractivity contribution in [2.24, 2.45) is 0 Å². The lowest BCUT2D eigenvalue weighted by Crippen LogP contribution is -2.34. The fourth-order valence-corrected chi connectivity index (χ4v) is 3.12. The zero-order valence-electron chi connectivity index (χ0n) is 14.4. The first kappa shape index (κ1) is 17.0. The fraction of sp³-hybridized carbons (Fsp3) is 0.238. The number of benzene rings is 1. The van der Waals surface area contributed by atoms with Crippen LogP contribution < -0.4 is 4.90 Å². The Morgan fingerprint density at radius 2 is 1.80 bits per heavy atom. The second-order valence-corrected chi connectivity index (χ2v) is 6.11. The van der Waals surface area contributed by atoms with Crippen LogP contribution >= 0.6 is 0 Å². The maximum Gasteiger partial charge on any atom is 0.273 e. The predicted octanol–water partition coefficient (Wildman–Crippen LogP) is 3.46. The van der Waals surface area contributed by atoms with Crippen molar-refractivity contribution < 1.29 is 4.79 Å². The van der Waals surface area contributed by atoms with Crippen LogP contribution in [0.5, 0.6) is 0 Å². The molecule has 4 heteroatoms. The molecule has 1 aromatic heterocycles. The van der Waals surface area contributed by atoms with Gasteiger partial charge in [-0.15, -0.1) is 13.2 Å². The standard InChI is InChI=1S/C21H23N3O/c1-3-13-23(14-4-2)21(25)19-10-7-11-20(22-19)24-15-12-17-8-5-6-9-18(17)16-24/h3-11H,1-2,12-16H2. The van der Waals surface area contributed by atoms with E-state index in [-0.39, 0.29) is 5.91 Å². The highest BCUT2D eigenvalue weighted by molar-refractivity contribution is 5.92. The molecular formula is C21H23N3O. The molecule has 0 spiro atoms. The lowest BCUT2D eigenvalue weighted by molar-refractivity contribution is 0.0785. The molecule has 25 heavy (non-hydrogen) atoms. The van der Waals surface area contributed by atoms with Crippen molar-refractivity contribution in [1.29, 1.82) is 0 Å². The molecule has 3 rings (SSSR count). The molecule has 1 aliphatic heterocycles. The number of aromatic nitrogens is 1. The van der Waals surface area contributed by atoms with E-state index in [2.05, 4.69) is 47.3 Å². The van der Waals surface area contributed by atoms with Gasteiger partial charge >= 0.3 is 0 Å². The van der Waals surface area contributed by atoms with Gasteiger partial charge in [0.1, 0.15) is 11.5 Å². The van der Waals surface area contributed by atoms with E-state index >= 15 is 0 Å². The summed E-state index contributed by atoms with van der Waals surface area (Å²) in [6.07, 6.45) is 4.43. The predicted molar refractivity (Wildman–Crippen MR) is 102 cm³/mol. The van der Waals surface area contributed by atoms with Crippen LogP contribution in [0, 0.1) is 0 Å². The van der Waals surface area contributed by atoms with Gasteiger partial charge < -0.3 is 9.80 Å². The van der Waals surface area contributed by atoms with Gasteiger partial charge in [-0.05, 0) is 29.7 Å². The number of anilines is 1. The van der Waals surface area contributed by atoms with E-state index in [0.717, 1.165) is 25.3 Å². The Labute approximate surface area is 149 Å². The SMILES string of the molecule is C=CCN(CC=C)C(=O)c1cccc(N2CCc3ccccc3C2)n1. The average Bonchev–Trinajstić information content (AvgIpc) is 2.67. The van der Waals surface area contributed by atoms with Crippen LogP contribution in [-0.4, -0.2) is 35.4 Å². The molecule has 2 aromatic rings. The first-order valence-corrected chi connectivity index (χ1v) is 8.52. The third-order valence-corrected chi connectivity index (χ3v) is 4.39. The monoisotopic (exact) mass is 333 g/mol. The Kier molecular flexibility index (Phi) is 5.29. The maximum absolute atomic E-state index is 12.7. The summed E-state index contributed by atoms with van der Waals surface area (Å²) in [7, 11) is 0. The summed E-state index contributed by atoms with van der Waals surface area (Å²) in [6, 6.07) is 14.1. The summed E-state index contributed by atoms with van der Waals surface area (Å²) < 4.78 is 0. The zero-order valence-corrected chi connectivity index (χ0v) is 14.4. The smallest absolute Gasteiger partial charge is 0.273 e. The lowest BCUT2D eigenvalue weighted by Gasteiger charge is -2.30. The van der Waals surface area contributed by atoms with E-state index in [1.54, 1.807) is 23.1 Å². The largest absolute Gasteiger partial charge is 0.352 e. The Morgan fingerprint density at radius 3 is 2.52 bits per heavy atom. The number of carbonyl (C=O) groups is 1. The van der Waals surface area contributed by atoms with Gasteiger partial charge in [0, 0.05) is 26.2 Å². The number of carbonyl (C=O) groups excluding carboxylic acids is 1. The van der Waals surface area contributed by atoms with E-state index in [4.69, 9.17) is 0 Å². The number of nitrogens with zero attached hydrogens (tertiary/aromatic N) is 3. The highest BCUT2D eigenvalue weighted by atomic mass is 16.2. The van der Waals surface area contributed by atoms with Crippen molar-refractivity contribution in [2.45, 2.75) is 13.0 Å². The summed E-state index contributed by atoms with van der Waals surface area (Å²) in [5.41, 5.74) is 3.18. The van der Waals surface area contributed by atoms with E-state index in [1.807, 2.05) is 12.1 Å². The first-order chi connectivity index (χ1) is 12.2. The summed E-state index contributed by atoms with van der Waals surface area (Å²) in [4.78, 5) is 21.2. The molecular weight excluding hydrogens is 310 g/mol. The molecule has 2 heterocycles. The second-order valence-electron chi connectivity index (χ2n) is 6.11. The van der Waals surface area contributed by atoms with Gasteiger partial charge in [0.15, 0.2) is 0 Å². The van der Waals surface area contributed by atoms with Crippen molar-refractivity contribution in [3.8, 4) is 0 Å². The second kappa shape index (κ2) is 7.79. The molecule has 1 amide bonds. The van der Waals surface area contributed by atoms with Gasteiger partial charge in [0.05, 0.1) is 0 Å². The molecule has 128 valence electrons. The van der Waals surface area contributed by atoms with Crippen LogP contribution in [0.4, 0.5) is 5.82 Å². The van der Waals surface area contributed by atoms with Crippen LogP contribution in [0.3, 0.4) is 0 Å². The van der Waals surface area contributed by atoms with Gasteiger partial charge in [0.2, 0.25) is 0 Å². The summed E-state index contributed by atoms with van der Waals surface area (Å²) in [5, 5.41) is 0. The molecule has 0 N–H and O–H groups in total. The fourth-order valence-electron chi connectivity index (χ4n) is 3.12. The van der Waals surface area contributed by atoms with Gasteiger partial charge in [-0.3, -0.25) is 4.79 Å². The lowest BCUT2D eigenvalue weighted by atomic mass is 10.00. The highest BCUT2D eigenvalue weighted by Gasteiger charge is 2.20. The molecule has 1 aliphatic rings. The minimum atomic E-state index is -0.0981. The number of amides is 1. The molecule has 0 saturated carbocycles. The number of fused-ring (bicyclic) bond motifs is 1. The van der Waals surface area contributed by atoms with Gasteiger partial charge in [-0.25, -0.2) is 4.98 Å². The van der Waals surface area contributed by atoms with Gasteiger partial charge in [-0.1, -0.05) is 42.5 Å². The van der Waals surface area contributed by atoms with E-state index in [9.17, 15) is 4.79 Å². The molecule has 0 bridgehead atoms. The van der Waals surface area contributed by atoms with Crippen LogP contribution in [0.25, 0.3) is 0 Å². The topological polar surface area (TPSA) is 36.4 Å². The van der Waals surface area contributed by atoms with Crippen LogP contribution in [0.2, 0.25) is 0 Å². The normalized spacial score (nSPS) is 13.0. The summed E-state index contributed by atoms with van der Waals surface area (Å²) >= 11 is 0. The molecule has 0 fully saturated rings. The minimum Gasteiger partial charge on any atom is -0.352 e. The Balaban J connectivity index is 1.81. The van der Waals surface area contributed by atoms with Crippen LogP contribution in [0.15, 0.2) is 67.8 Å². The molecule has 4 nitrogen and oxygen atoms in total. The molecule has 0 radical (unpaired) electrons. The number of hydrogen-bond acceptors (Lipinski definition) is 3. The van der Waals surface area contributed by atoms with Crippen molar-refractivity contribution >= 4 is 11.7 Å². The van der Waals surface area contributed by atoms with Gasteiger partial charge in [0.25, 0.3) is 5.91 Å². The Hall–Kier alpha value is -2.88. The van der Waals surface area contributed by atoms with Crippen molar-refractivity contribution in [1.82, 2.24) is 9.88 Å². The first-order valence-electron chi connectivity index (χ1n) is 8.52. The molecule has 1 aromatic carbocycles.